The Bertz CT molecular complexity index is 2390. The van der Waals surface area contributed by atoms with Crippen molar-refractivity contribution in [1.82, 2.24) is 0 Å². The van der Waals surface area contributed by atoms with Crippen molar-refractivity contribution in [1.29, 1.82) is 0 Å². The number of aromatic hydroxyl groups is 1. The van der Waals surface area contributed by atoms with Gasteiger partial charge in [-0.05, 0) is 36.5 Å². The van der Waals surface area contributed by atoms with Gasteiger partial charge in [0.1, 0.15) is 5.69 Å². The number of amides is 4. The Labute approximate surface area is 326 Å². The summed E-state index contributed by atoms with van der Waals surface area (Å²) in [5.74, 6) is -24.8. The van der Waals surface area contributed by atoms with E-state index >= 15 is 8.78 Å². The number of alkyl halides is 2. The van der Waals surface area contributed by atoms with Crippen molar-refractivity contribution in [3.63, 3.8) is 0 Å². The number of nitro benzene ring substituents is 2. The molecule has 0 aromatic heterocycles. The molecule has 4 aliphatic rings. The smallest absolute Gasteiger partial charge is 0.301 e. The van der Waals surface area contributed by atoms with Gasteiger partial charge in [-0.1, -0.05) is 17.7 Å². The van der Waals surface area contributed by atoms with Crippen LogP contribution in [0.5, 0.6) is 11.5 Å². The normalized spacial score (nSPS) is 26.6. The number of methoxy groups -OCH3 is 1. The number of rotatable bonds is 7. The number of imide groups is 2. The van der Waals surface area contributed by atoms with Gasteiger partial charge in [0.25, 0.3) is 11.8 Å². The van der Waals surface area contributed by atoms with Gasteiger partial charge < -0.3 is 14.7 Å². The molecule has 0 radical (unpaired) electrons. The van der Waals surface area contributed by atoms with E-state index in [1.54, 1.807) is 0 Å². The molecule has 22 heteroatoms. The average molecular weight is 840 g/mol. The summed E-state index contributed by atoms with van der Waals surface area (Å²) < 4.78 is 78.9. The summed E-state index contributed by atoms with van der Waals surface area (Å²) in [7, 11) is 3.75. The number of anilines is 3. The van der Waals surface area contributed by atoms with Crippen LogP contribution in [0, 0.1) is 67.1 Å². The van der Waals surface area contributed by atoms with Crippen LogP contribution in [0.15, 0.2) is 42.0 Å². The van der Waals surface area contributed by atoms with Crippen molar-refractivity contribution < 1.29 is 60.8 Å². The first kappa shape index (κ1) is 39.3. The number of fused-ring (bicyclic) bond motifs is 4. The van der Waals surface area contributed by atoms with Crippen LogP contribution in [0.1, 0.15) is 24.3 Å². The second-order valence-corrected chi connectivity index (χ2v) is 15.1. The Morgan fingerprint density at radius 3 is 1.93 bits per heavy atom. The molecule has 15 nitrogen and oxygen atoms in total. The van der Waals surface area contributed by atoms with Gasteiger partial charge in [-0.25, -0.2) is 31.8 Å². The molecule has 0 spiro atoms. The molecule has 2 aliphatic carbocycles. The Kier molecular flexibility index (Phi) is 9.03. The lowest BCUT2D eigenvalue weighted by Crippen LogP contribution is -2.60. The highest BCUT2D eigenvalue weighted by Crippen LogP contribution is 2.66. The van der Waals surface area contributed by atoms with Crippen molar-refractivity contribution >= 4 is 75.3 Å². The van der Waals surface area contributed by atoms with Crippen LogP contribution < -0.4 is 19.4 Å². The van der Waals surface area contributed by atoms with Crippen LogP contribution >= 0.6 is 23.2 Å². The van der Waals surface area contributed by atoms with Crippen LogP contribution in [-0.4, -0.2) is 69.5 Å². The lowest BCUT2D eigenvalue weighted by molar-refractivity contribution is -0.392. The zero-order chi connectivity index (χ0) is 42.0. The molecule has 1 N–H and O–H groups in total. The molecule has 6 atom stereocenters. The molecule has 1 saturated carbocycles. The van der Waals surface area contributed by atoms with E-state index in [9.17, 15) is 57.7 Å². The molecular formula is C35H24Cl2F5N5O10. The van der Waals surface area contributed by atoms with Crippen molar-refractivity contribution in [3.05, 3.63) is 96.9 Å². The Hall–Kier alpha value is -5.89. The molecule has 3 aromatic carbocycles. The van der Waals surface area contributed by atoms with Crippen LogP contribution in [0.4, 0.5) is 50.4 Å². The first-order valence-corrected chi connectivity index (χ1v) is 17.3. The molecule has 57 heavy (non-hydrogen) atoms. The van der Waals surface area contributed by atoms with Crippen molar-refractivity contribution in [3.8, 4) is 11.5 Å². The fourth-order valence-electron chi connectivity index (χ4n) is 8.52. The number of nitrogens with zero attached hydrogens (tertiary/aromatic N) is 5. The van der Waals surface area contributed by atoms with Crippen molar-refractivity contribution in [2.45, 2.75) is 28.5 Å². The predicted molar refractivity (Wildman–Crippen MR) is 188 cm³/mol. The standard InChI is InChI=1S/C35H24Cl2F5N5O10/c1-43(2)28-17(46(53)54)9-13(10-18(28)47(55)56)44-30(49)15-6-5-14-16(21(15)31(44)50)11-34(36)32(51)45(29-26(41)24(39)23(38)25(40)27(29)42)33(52)35(34,37)22(14)12-4-7-19(48)20(8-12)57-3/h4-5,7-10,15-16,21-22,48H,6,11H2,1-3H3/t15-,16+,21-,22-,34+,35-/m0/s1. The topological polar surface area (TPSA) is 194 Å². The number of nitro groups is 2. The number of phenolic OH excluding ortho intramolecular Hbond substituents is 1. The third-order valence-corrected chi connectivity index (χ3v) is 12.3. The van der Waals surface area contributed by atoms with Crippen molar-refractivity contribution in [2.75, 3.05) is 35.9 Å². The molecule has 0 unspecified atom stereocenters. The quantitative estimate of drug-likeness (QED) is 0.0445. The number of hydrogen-bond acceptors (Lipinski definition) is 11. The molecule has 298 valence electrons. The number of hydrogen-bond donors (Lipinski definition) is 1. The van der Waals surface area contributed by atoms with Crippen molar-refractivity contribution in [2.24, 2.45) is 17.8 Å². The Morgan fingerprint density at radius 2 is 1.40 bits per heavy atom. The summed E-state index contributed by atoms with van der Waals surface area (Å²) in [5.41, 5.74) is -4.62. The summed E-state index contributed by atoms with van der Waals surface area (Å²) >= 11 is 14.2. The molecule has 2 aliphatic heterocycles. The van der Waals surface area contributed by atoms with Gasteiger partial charge in [0, 0.05) is 32.1 Å². The van der Waals surface area contributed by atoms with E-state index in [1.165, 1.54) is 26.2 Å². The molecule has 2 saturated heterocycles. The van der Waals surface area contributed by atoms with Crippen LogP contribution in [-0.2, 0) is 19.2 Å². The summed E-state index contributed by atoms with van der Waals surface area (Å²) in [6, 6.07) is 5.05. The van der Waals surface area contributed by atoms with E-state index in [1.807, 2.05) is 0 Å². The molecule has 3 fully saturated rings. The summed E-state index contributed by atoms with van der Waals surface area (Å²) in [6.07, 6.45) is 0.235. The van der Waals surface area contributed by atoms with Gasteiger partial charge in [0.2, 0.25) is 17.6 Å². The number of phenols is 1. The number of allylic oxidation sites excluding steroid dienone is 2. The second-order valence-electron chi connectivity index (χ2n) is 13.9. The maximum absolute atomic E-state index is 15.3. The van der Waals surface area contributed by atoms with Crippen LogP contribution in [0.2, 0.25) is 0 Å². The fraction of sp³-hybridized carbons (Fsp3) is 0.314. The van der Waals surface area contributed by atoms with Gasteiger partial charge in [0.05, 0.1) is 34.5 Å². The monoisotopic (exact) mass is 839 g/mol. The Balaban J connectivity index is 1.43. The summed E-state index contributed by atoms with van der Waals surface area (Å²) in [6.45, 7) is 0. The number of ether oxygens (including phenoxy) is 1. The fourth-order valence-corrected chi connectivity index (χ4v) is 9.46. The first-order valence-electron chi connectivity index (χ1n) is 16.5. The minimum atomic E-state index is -2.87. The van der Waals surface area contributed by atoms with Crippen LogP contribution in [0.25, 0.3) is 0 Å². The van der Waals surface area contributed by atoms with Gasteiger partial charge in [0.15, 0.2) is 50.2 Å². The summed E-state index contributed by atoms with van der Waals surface area (Å²) in [5, 5.41) is 34.6. The third-order valence-electron chi connectivity index (χ3n) is 10.9. The third kappa shape index (κ3) is 5.15. The maximum atomic E-state index is 15.3. The Morgan fingerprint density at radius 1 is 0.842 bits per heavy atom. The largest absolute Gasteiger partial charge is 0.504 e. The van der Waals surface area contributed by atoms with Gasteiger partial charge >= 0.3 is 11.4 Å². The van der Waals surface area contributed by atoms with E-state index in [0.717, 1.165) is 36.3 Å². The second kappa shape index (κ2) is 13.1. The molecule has 2 heterocycles. The van der Waals surface area contributed by atoms with E-state index in [-0.39, 0.29) is 28.2 Å². The molecule has 0 bridgehead atoms. The van der Waals surface area contributed by atoms with E-state index in [2.05, 4.69) is 0 Å². The van der Waals surface area contributed by atoms with E-state index < -0.39 is 137 Å². The lowest BCUT2D eigenvalue weighted by Gasteiger charge is -2.50. The summed E-state index contributed by atoms with van der Waals surface area (Å²) in [4.78, 5) is 75.2. The average Bonchev–Trinajstić information content (AvgIpc) is 3.50. The number of carbonyl (C=O) groups excluding carboxylic acids is 4. The molecule has 3 aromatic rings. The molecule has 4 amide bonds. The number of benzene rings is 3. The van der Waals surface area contributed by atoms with E-state index in [4.69, 9.17) is 27.9 Å². The number of halogens is 7. The zero-order valence-corrected chi connectivity index (χ0v) is 30.7. The highest BCUT2D eigenvalue weighted by atomic mass is 35.5. The zero-order valence-electron chi connectivity index (χ0n) is 29.2. The van der Waals surface area contributed by atoms with Gasteiger partial charge in [-0.3, -0.25) is 39.4 Å². The minimum Gasteiger partial charge on any atom is -0.504 e. The molecular weight excluding hydrogens is 816 g/mol. The highest BCUT2D eigenvalue weighted by Gasteiger charge is 2.77. The van der Waals surface area contributed by atoms with Crippen LogP contribution in [0.3, 0.4) is 0 Å². The SMILES string of the molecule is COc1cc([C@H]2C3=CC[C@@H]4C(=O)N(c5cc([N+](=O)[O-])c(N(C)C)c([N+](=O)[O-])c5)C(=O)[C@@H]4[C@@H]3C[C@@]3(Cl)C(=O)N(c4c(F)c(F)c(F)c(F)c4F)C(=O)[C@@]23Cl)ccc1O. The van der Waals surface area contributed by atoms with Gasteiger partial charge in [-0.2, -0.15) is 0 Å². The predicted octanol–water partition coefficient (Wildman–Crippen LogP) is 5.75. The molecule has 7 rings (SSSR count). The lowest BCUT2D eigenvalue weighted by atomic mass is 9.56. The first-order chi connectivity index (χ1) is 26.6. The minimum absolute atomic E-state index is 0.0543. The highest BCUT2D eigenvalue weighted by molar-refractivity contribution is 6.58. The maximum Gasteiger partial charge on any atom is 0.301 e. The van der Waals surface area contributed by atoms with E-state index in [0.29, 0.717) is 4.90 Å². The number of carbonyl (C=O) groups is 4. The van der Waals surface area contributed by atoms with Gasteiger partial charge in [-0.15, -0.1) is 23.2 Å².